The topological polar surface area (TPSA) is 42.2 Å². The molecule has 0 bridgehead atoms. The first-order chi connectivity index (χ1) is 6.84. The Morgan fingerprint density at radius 2 is 2.57 bits per heavy atom. The maximum absolute atomic E-state index is 4.39. The van der Waals surface area contributed by atoms with E-state index in [1.807, 2.05) is 24.0 Å². The van der Waals surface area contributed by atoms with Crippen LogP contribution in [-0.2, 0) is 13.6 Å². The number of nitrogens with one attached hydrogen (secondary N) is 1. The molecule has 0 atom stereocenters. The summed E-state index contributed by atoms with van der Waals surface area (Å²) in [6, 6.07) is 2.01. The van der Waals surface area contributed by atoms with Crippen molar-refractivity contribution in [2.75, 3.05) is 12.3 Å². The highest BCUT2D eigenvalue weighted by atomic mass is 32.2. The highest BCUT2D eigenvalue weighted by Gasteiger charge is 2.05. The third-order valence-electron chi connectivity index (χ3n) is 1.99. The Morgan fingerprint density at radius 3 is 3.21 bits per heavy atom. The Morgan fingerprint density at radius 1 is 1.64 bits per heavy atom. The average molecular weight is 210 g/mol. The largest absolute Gasteiger partial charge is 0.359 e. The van der Waals surface area contributed by atoms with Crippen LogP contribution in [0.5, 0.6) is 0 Å². The fourth-order valence-electron chi connectivity index (χ4n) is 1.29. The maximum Gasteiger partial charge on any atom is 0.156 e. The Hall–Kier alpha value is -0.970. The van der Waals surface area contributed by atoms with E-state index in [0.29, 0.717) is 0 Å². The molecule has 0 saturated heterocycles. The van der Waals surface area contributed by atoms with Gasteiger partial charge in [-0.15, -0.1) is 0 Å². The van der Waals surface area contributed by atoms with Gasteiger partial charge in [-0.1, -0.05) is 11.8 Å². The SMILES string of the molecule is Cn1ccc(CNC2=NCCCS2)n1. The molecule has 2 heterocycles. The summed E-state index contributed by atoms with van der Waals surface area (Å²) in [6.45, 7) is 1.73. The van der Waals surface area contributed by atoms with Gasteiger partial charge in [0, 0.05) is 25.5 Å². The lowest BCUT2D eigenvalue weighted by Crippen LogP contribution is -2.23. The standard InChI is InChI=1S/C9H14N4S/c1-13-5-3-8(12-13)7-11-9-10-4-2-6-14-9/h3,5H,2,4,6-7H2,1H3,(H,10,11). The van der Waals surface area contributed by atoms with Gasteiger partial charge in [-0.25, -0.2) is 0 Å². The summed E-state index contributed by atoms with van der Waals surface area (Å²) in [5.74, 6) is 1.17. The van der Waals surface area contributed by atoms with Gasteiger partial charge < -0.3 is 5.32 Å². The van der Waals surface area contributed by atoms with Gasteiger partial charge in [0.15, 0.2) is 5.17 Å². The van der Waals surface area contributed by atoms with E-state index in [1.165, 1.54) is 12.2 Å². The number of nitrogens with zero attached hydrogens (tertiary/aromatic N) is 3. The van der Waals surface area contributed by atoms with Crippen LogP contribution in [0.4, 0.5) is 0 Å². The summed E-state index contributed by atoms with van der Waals surface area (Å²) in [4.78, 5) is 4.39. The van der Waals surface area contributed by atoms with Crippen LogP contribution in [0, 0.1) is 0 Å². The number of aliphatic imine (C=N–C) groups is 1. The van der Waals surface area contributed by atoms with E-state index >= 15 is 0 Å². The number of hydrogen-bond acceptors (Lipinski definition) is 4. The van der Waals surface area contributed by atoms with E-state index in [2.05, 4.69) is 15.4 Å². The summed E-state index contributed by atoms with van der Waals surface area (Å²) in [7, 11) is 1.93. The molecule has 1 aliphatic heterocycles. The lowest BCUT2D eigenvalue weighted by Gasteiger charge is -2.11. The average Bonchev–Trinajstić information content (AvgIpc) is 2.63. The number of thioether (sulfide) groups is 1. The van der Waals surface area contributed by atoms with Crippen LogP contribution in [0.2, 0.25) is 0 Å². The zero-order valence-corrected chi connectivity index (χ0v) is 9.05. The minimum Gasteiger partial charge on any atom is -0.359 e. The molecule has 0 unspecified atom stereocenters. The molecule has 4 nitrogen and oxygen atoms in total. The van der Waals surface area contributed by atoms with Gasteiger partial charge in [-0.2, -0.15) is 5.10 Å². The Balaban J connectivity index is 1.84. The highest BCUT2D eigenvalue weighted by molar-refractivity contribution is 8.13. The van der Waals surface area contributed by atoms with Crippen molar-refractivity contribution >= 4 is 16.9 Å². The summed E-state index contributed by atoms with van der Waals surface area (Å²) >= 11 is 1.79. The molecule has 1 aromatic rings. The molecular weight excluding hydrogens is 196 g/mol. The lowest BCUT2D eigenvalue weighted by atomic mass is 10.4. The van der Waals surface area contributed by atoms with Gasteiger partial charge in [0.25, 0.3) is 0 Å². The summed E-state index contributed by atoms with van der Waals surface area (Å²) < 4.78 is 1.81. The second-order valence-corrected chi connectivity index (χ2v) is 4.31. The molecule has 2 rings (SSSR count). The number of aryl methyl sites for hydroxylation is 1. The molecule has 14 heavy (non-hydrogen) atoms. The van der Waals surface area contributed by atoms with Crippen LogP contribution in [0.25, 0.3) is 0 Å². The van der Waals surface area contributed by atoms with Crippen LogP contribution in [0.1, 0.15) is 12.1 Å². The Labute approximate surface area is 87.8 Å². The second kappa shape index (κ2) is 4.50. The lowest BCUT2D eigenvalue weighted by molar-refractivity contribution is 0.730. The van der Waals surface area contributed by atoms with Crippen molar-refractivity contribution in [3.05, 3.63) is 18.0 Å². The summed E-state index contributed by atoms with van der Waals surface area (Å²) in [5, 5.41) is 8.63. The molecule has 1 N–H and O–H groups in total. The van der Waals surface area contributed by atoms with E-state index in [1.54, 1.807) is 11.8 Å². The molecule has 1 aliphatic rings. The van der Waals surface area contributed by atoms with E-state index in [9.17, 15) is 0 Å². The third-order valence-corrected chi connectivity index (χ3v) is 3.03. The normalized spacial score (nSPS) is 16.5. The predicted octanol–water partition coefficient (Wildman–Crippen LogP) is 1.00. The van der Waals surface area contributed by atoms with Gasteiger partial charge in [-0.05, 0) is 12.5 Å². The van der Waals surface area contributed by atoms with Gasteiger partial charge >= 0.3 is 0 Å². The van der Waals surface area contributed by atoms with Gasteiger partial charge in [0.1, 0.15) is 0 Å². The molecule has 1 aromatic heterocycles. The number of aromatic nitrogens is 2. The fourth-order valence-corrected chi connectivity index (χ4v) is 2.11. The minimum atomic E-state index is 0.771. The van der Waals surface area contributed by atoms with E-state index in [-0.39, 0.29) is 0 Å². The Bertz CT molecular complexity index is 331. The van der Waals surface area contributed by atoms with Gasteiger partial charge in [0.2, 0.25) is 0 Å². The van der Waals surface area contributed by atoms with E-state index in [4.69, 9.17) is 0 Å². The van der Waals surface area contributed by atoms with Crippen LogP contribution in [0.3, 0.4) is 0 Å². The molecule has 0 saturated carbocycles. The highest BCUT2D eigenvalue weighted by Crippen LogP contribution is 2.10. The van der Waals surface area contributed by atoms with E-state index in [0.717, 1.165) is 24.0 Å². The van der Waals surface area contributed by atoms with Crippen molar-refractivity contribution in [1.29, 1.82) is 0 Å². The summed E-state index contributed by atoms with van der Waals surface area (Å²) in [5.41, 5.74) is 1.06. The number of amidine groups is 1. The van der Waals surface area contributed by atoms with Crippen molar-refractivity contribution in [1.82, 2.24) is 15.1 Å². The molecule has 0 spiro atoms. The van der Waals surface area contributed by atoms with Gasteiger partial charge in [-0.3, -0.25) is 9.67 Å². The fraction of sp³-hybridized carbons (Fsp3) is 0.556. The molecule has 0 fully saturated rings. The molecule has 0 aromatic carbocycles. The smallest absolute Gasteiger partial charge is 0.156 e. The third kappa shape index (κ3) is 2.51. The first kappa shape index (κ1) is 9.58. The number of rotatable bonds is 2. The molecule has 0 aliphatic carbocycles. The minimum absolute atomic E-state index is 0.771. The number of hydrogen-bond donors (Lipinski definition) is 1. The van der Waals surface area contributed by atoms with Crippen molar-refractivity contribution in [2.24, 2.45) is 12.0 Å². The van der Waals surface area contributed by atoms with Crippen LogP contribution < -0.4 is 5.32 Å². The van der Waals surface area contributed by atoms with Crippen molar-refractivity contribution < 1.29 is 0 Å². The first-order valence-electron chi connectivity index (χ1n) is 4.74. The Kier molecular flexibility index (Phi) is 3.08. The van der Waals surface area contributed by atoms with Crippen molar-refractivity contribution in [2.45, 2.75) is 13.0 Å². The van der Waals surface area contributed by atoms with Crippen LogP contribution >= 0.6 is 11.8 Å². The van der Waals surface area contributed by atoms with Crippen molar-refractivity contribution in [3.63, 3.8) is 0 Å². The molecular formula is C9H14N4S. The first-order valence-corrected chi connectivity index (χ1v) is 5.73. The summed E-state index contributed by atoms with van der Waals surface area (Å²) in [6.07, 6.45) is 3.15. The molecule has 76 valence electrons. The molecule has 0 amide bonds. The quantitative estimate of drug-likeness (QED) is 0.792. The zero-order valence-electron chi connectivity index (χ0n) is 8.23. The van der Waals surface area contributed by atoms with E-state index < -0.39 is 0 Å². The van der Waals surface area contributed by atoms with Crippen LogP contribution in [0.15, 0.2) is 17.3 Å². The van der Waals surface area contributed by atoms with Crippen molar-refractivity contribution in [3.8, 4) is 0 Å². The van der Waals surface area contributed by atoms with Gasteiger partial charge in [0.05, 0.1) is 12.2 Å². The van der Waals surface area contributed by atoms with Crippen LogP contribution in [-0.4, -0.2) is 27.2 Å². The zero-order chi connectivity index (χ0) is 9.80. The second-order valence-electron chi connectivity index (χ2n) is 3.22. The maximum atomic E-state index is 4.39. The molecule has 5 heteroatoms. The predicted molar refractivity (Wildman–Crippen MR) is 59.4 cm³/mol. The molecule has 0 radical (unpaired) electrons. The monoisotopic (exact) mass is 210 g/mol.